The summed E-state index contributed by atoms with van der Waals surface area (Å²) >= 11 is 0. The minimum absolute atomic E-state index is 0.0279. The molecule has 0 spiro atoms. The fourth-order valence-electron chi connectivity index (χ4n) is 1.01. The summed E-state index contributed by atoms with van der Waals surface area (Å²) in [5, 5.41) is 0. The number of carbonyl (C=O) groups excluding carboxylic acids is 1. The maximum absolute atomic E-state index is 11.8. The summed E-state index contributed by atoms with van der Waals surface area (Å²) in [6, 6.07) is 0. The Morgan fingerprint density at radius 3 is 2.79 bits per heavy atom. The van der Waals surface area contributed by atoms with Crippen molar-refractivity contribution in [1.29, 1.82) is 0 Å². The lowest BCUT2D eigenvalue weighted by Gasteiger charge is -2.14. The molecule has 3 nitrogen and oxygen atoms in total. The van der Waals surface area contributed by atoms with E-state index in [0.29, 0.717) is 6.42 Å². The molecule has 0 bridgehead atoms. The summed E-state index contributed by atoms with van der Waals surface area (Å²) in [4.78, 5) is 13.0. The Morgan fingerprint density at radius 2 is 2.21 bits per heavy atom. The third-order valence-electron chi connectivity index (χ3n) is 1.51. The lowest BCUT2D eigenvalue weighted by molar-refractivity contribution is -0.303. The Morgan fingerprint density at radius 1 is 1.50 bits per heavy atom. The van der Waals surface area contributed by atoms with Crippen LogP contribution in [0.3, 0.4) is 0 Å². The van der Waals surface area contributed by atoms with Crippen LogP contribution >= 0.6 is 0 Å². The highest BCUT2D eigenvalue weighted by Gasteiger charge is 2.33. The van der Waals surface area contributed by atoms with Crippen molar-refractivity contribution in [3.8, 4) is 0 Å². The van der Waals surface area contributed by atoms with Gasteiger partial charge in [-0.25, -0.2) is 4.79 Å². The van der Waals surface area contributed by atoms with Gasteiger partial charge >= 0.3 is 6.36 Å². The molecule has 1 aliphatic carbocycles. The van der Waals surface area contributed by atoms with Crippen LogP contribution in [0.15, 0.2) is 28.6 Å². The normalized spacial score (nSPS) is 16.5. The fourth-order valence-corrected chi connectivity index (χ4v) is 1.01. The van der Waals surface area contributed by atoms with Gasteiger partial charge in [0.15, 0.2) is 5.76 Å². The predicted octanol–water partition coefficient (Wildman–Crippen LogP) is 2.42. The molecule has 0 fully saturated rings. The first-order valence-electron chi connectivity index (χ1n) is 3.76. The van der Waals surface area contributed by atoms with Crippen LogP contribution in [0.1, 0.15) is 12.8 Å². The largest absolute Gasteiger partial charge is 0.573 e. The van der Waals surface area contributed by atoms with Crippen LogP contribution in [0.2, 0.25) is 0 Å². The number of alkyl halides is 3. The van der Waals surface area contributed by atoms with Gasteiger partial charge in [-0.2, -0.15) is 4.99 Å². The number of hydrogen-bond donors (Lipinski definition) is 0. The van der Waals surface area contributed by atoms with E-state index in [-0.39, 0.29) is 12.1 Å². The van der Waals surface area contributed by atoms with E-state index < -0.39 is 12.1 Å². The highest BCUT2D eigenvalue weighted by atomic mass is 19.4. The molecule has 0 radical (unpaired) electrons. The van der Waals surface area contributed by atoms with Crippen molar-refractivity contribution in [3.05, 3.63) is 23.6 Å². The van der Waals surface area contributed by atoms with Gasteiger partial charge < -0.3 is 4.74 Å². The van der Waals surface area contributed by atoms with Gasteiger partial charge in [0.25, 0.3) is 0 Å². The van der Waals surface area contributed by atoms with E-state index in [1.54, 1.807) is 0 Å². The average Bonchev–Trinajstić information content (AvgIpc) is 2.06. The van der Waals surface area contributed by atoms with Crippen molar-refractivity contribution in [2.24, 2.45) is 4.99 Å². The number of hydrogen-bond acceptors (Lipinski definition) is 3. The van der Waals surface area contributed by atoms with E-state index in [1.807, 2.05) is 0 Å². The van der Waals surface area contributed by atoms with Crippen LogP contribution in [0.4, 0.5) is 13.2 Å². The monoisotopic (exact) mass is 205 g/mol. The molecule has 0 aliphatic heterocycles. The number of allylic oxidation sites excluding steroid dienone is 3. The minimum Gasteiger partial charge on any atom is -0.404 e. The van der Waals surface area contributed by atoms with E-state index in [0.717, 1.165) is 6.08 Å². The third-order valence-corrected chi connectivity index (χ3v) is 1.51. The Kier molecular flexibility index (Phi) is 3.09. The Balaban J connectivity index is 2.90. The third kappa shape index (κ3) is 3.06. The van der Waals surface area contributed by atoms with Gasteiger partial charge in [0.2, 0.25) is 6.08 Å². The SMILES string of the molecule is O=C=NC1=C(OC(F)(F)F)C=CCC1. The lowest BCUT2D eigenvalue weighted by Crippen LogP contribution is -2.14. The molecule has 0 atom stereocenters. The second kappa shape index (κ2) is 4.11. The van der Waals surface area contributed by atoms with Crippen molar-refractivity contribution in [2.45, 2.75) is 19.2 Å². The zero-order valence-corrected chi connectivity index (χ0v) is 6.97. The van der Waals surface area contributed by atoms with E-state index in [4.69, 9.17) is 0 Å². The van der Waals surface area contributed by atoms with Gasteiger partial charge in [-0.15, -0.1) is 13.2 Å². The van der Waals surface area contributed by atoms with Gasteiger partial charge in [0.05, 0.1) is 5.70 Å². The number of halogens is 3. The second-order valence-electron chi connectivity index (χ2n) is 2.50. The summed E-state index contributed by atoms with van der Waals surface area (Å²) < 4.78 is 39.1. The van der Waals surface area contributed by atoms with E-state index in [1.165, 1.54) is 12.2 Å². The first-order valence-corrected chi connectivity index (χ1v) is 3.76. The highest BCUT2D eigenvalue weighted by Crippen LogP contribution is 2.27. The predicted molar refractivity (Wildman–Crippen MR) is 40.7 cm³/mol. The summed E-state index contributed by atoms with van der Waals surface area (Å²) in [6.45, 7) is 0. The second-order valence-corrected chi connectivity index (χ2v) is 2.50. The quantitative estimate of drug-likeness (QED) is 0.513. The zero-order chi connectivity index (χ0) is 10.6. The maximum atomic E-state index is 11.8. The summed E-state index contributed by atoms with van der Waals surface area (Å²) in [6.07, 6.45) is -0.129. The summed E-state index contributed by atoms with van der Waals surface area (Å²) in [5.41, 5.74) is -0.0279. The number of rotatable bonds is 2. The van der Waals surface area contributed by atoms with Gasteiger partial charge in [-0.3, -0.25) is 0 Å². The van der Waals surface area contributed by atoms with Crippen LogP contribution in [0.25, 0.3) is 0 Å². The first-order chi connectivity index (χ1) is 6.53. The van der Waals surface area contributed by atoms with E-state index in [2.05, 4.69) is 9.73 Å². The van der Waals surface area contributed by atoms with Crippen molar-refractivity contribution in [1.82, 2.24) is 0 Å². The van der Waals surface area contributed by atoms with E-state index >= 15 is 0 Å². The summed E-state index contributed by atoms with van der Waals surface area (Å²) in [7, 11) is 0. The lowest BCUT2D eigenvalue weighted by atomic mass is 10.1. The topological polar surface area (TPSA) is 38.7 Å². The van der Waals surface area contributed by atoms with Gasteiger partial charge in [0.1, 0.15) is 0 Å². The molecule has 0 heterocycles. The number of isocyanates is 1. The molecular formula is C8H6F3NO2. The smallest absolute Gasteiger partial charge is 0.404 e. The van der Waals surface area contributed by atoms with Crippen LogP contribution in [-0.2, 0) is 9.53 Å². The molecule has 0 aromatic rings. The van der Waals surface area contributed by atoms with Crippen LogP contribution < -0.4 is 0 Å². The molecule has 0 amide bonds. The molecule has 6 heteroatoms. The maximum Gasteiger partial charge on any atom is 0.573 e. The Labute approximate surface area is 77.6 Å². The molecule has 0 N–H and O–H groups in total. The molecule has 0 aromatic heterocycles. The fraction of sp³-hybridized carbons (Fsp3) is 0.375. The molecule has 0 unspecified atom stereocenters. The minimum atomic E-state index is -4.76. The number of ether oxygens (including phenoxy) is 1. The molecule has 0 aromatic carbocycles. The molecule has 0 saturated heterocycles. The number of nitrogens with zero attached hydrogens (tertiary/aromatic N) is 1. The summed E-state index contributed by atoms with van der Waals surface area (Å²) in [5.74, 6) is -0.438. The van der Waals surface area contributed by atoms with Crippen LogP contribution in [0, 0.1) is 0 Å². The standard InChI is InChI=1S/C8H6F3NO2/c9-8(10,11)14-7-4-2-1-3-6(7)12-5-13/h2,4H,1,3H2. The van der Waals surface area contributed by atoms with Crippen molar-refractivity contribution >= 4 is 6.08 Å². The Bertz CT molecular complexity index is 324. The van der Waals surface area contributed by atoms with Gasteiger partial charge in [-0.05, 0) is 18.9 Å². The molecule has 1 rings (SSSR count). The van der Waals surface area contributed by atoms with Gasteiger partial charge in [-0.1, -0.05) is 6.08 Å². The molecule has 0 saturated carbocycles. The highest BCUT2D eigenvalue weighted by molar-refractivity contribution is 5.39. The van der Waals surface area contributed by atoms with Crippen LogP contribution in [0.5, 0.6) is 0 Å². The molecule has 1 aliphatic rings. The first kappa shape index (κ1) is 10.5. The van der Waals surface area contributed by atoms with Crippen molar-refractivity contribution < 1.29 is 22.7 Å². The zero-order valence-electron chi connectivity index (χ0n) is 6.97. The number of aliphatic imine (C=N–C) groups is 1. The Hall–Kier alpha value is -1.55. The van der Waals surface area contributed by atoms with E-state index in [9.17, 15) is 18.0 Å². The van der Waals surface area contributed by atoms with Crippen molar-refractivity contribution in [2.75, 3.05) is 0 Å². The van der Waals surface area contributed by atoms with Gasteiger partial charge in [0, 0.05) is 0 Å². The van der Waals surface area contributed by atoms with Crippen LogP contribution in [-0.4, -0.2) is 12.4 Å². The molecular weight excluding hydrogens is 199 g/mol. The molecule has 14 heavy (non-hydrogen) atoms. The average molecular weight is 205 g/mol. The van der Waals surface area contributed by atoms with Crippen molar-refractivity contribution in [3.63, 3.8) is 0 Å². The molecule has 76 valence electrons.